The molecule has 0 bridgehead atoms. The molecule has 104 valence electrons. The van der Waals surface area contributed by atoms with Crippen LogP contribution >= 0.6 is 0 Å². The van der Waals surface area contributed by atoms with Crippen molar-refractivity contribution in [2.24, 2.45) is 17.6 Å². The molecule has 4 heteroatoms. The smallest absolute Gasteiger partial charge is 0.223 e. The van der Waals surface area contributed by atoms with Crippen LogP contribution in [0.1, 0.15) is 24.8 Å². The van der Waals surface area contributed by atoms with Gasteiger partial charge in [-0.05, 0) is 43.0 Å². The Kier molecular flexibility index (Phi) is 4.80. The Morgan fingerprint density at radius 3 is 3.05 bits per heavy atom. The molecule has 0 aromatic heterocycles. The number of nitrogens with one attached hydrogen (secondary N) is 1. The topological polar surface area (TPSA) is 64.3 Å². The summed E-state index contributed by atoms with van der Waals surface area (Å²) in [5.41, 5.74) is 6.76. The van der Waals surface area contributed by atoms with Crippen molar-refractivity contribution in [2.45, 2.75) is 25.8 Å². The van der Waals surface area contributed by atoms with E-state index in [1.165, 1.54) is 0 Å². The second-order valence-electron chi connectivity index (χ2n) is 5.10. The molecule has 1 fully saturated rings. The molecule has 1 aromatic carbocycles. The maximum absolute atomic E-state index is 12.1. The molecule has 1 amide bonds. The van der Waals surface area contributed by atoms with Crippen LogP contribution in [0.2, 0.25) is 0 Å². The number of ether oxygens (including phenoxy) is 1. The highest BCUT2D eigenvalue weighted by Gasteiger charge is 2.31. The van der Waals surface area contributed by atoms with Crippen LogP contribution in [0.3, 0.4) is 0 Å². The van der Waals surface area contributed by atoms with E-state index >= 15 is 0 Å². The van der Waals surface area contributed by atoms with Gasteiger partial charge in [0.2, 0.25) is 5.91 Å². The Hall–Kier alpha value is -1.55. The monoisotopic (exact) mass is 262 g/mol. The highest BCUT2D eigenvalue weighted by molar-refractivity contribution is 5.79. The highest BCUT2D eigenvalue weighted by atomic mass is 16.5. The Balaban J connectivity index is 1.89. The van der Waals surface area contributed by atoms with Gasteiger partial charge in [0.1, 0.15) is 5.75 Å². The third kappa shape index (κ3) is 3.47. The Morgan fingerprint density at radius 1 is 1.47 bits per heavy atom. The number of hydrogen-bond acceptors (Lipinski definition) is 3. The molecule has 2 atom stereocenters. The number of hydrogen-bond donors (Lipinski definition) is 2. The third-order valence-electron chi connectivity index (χ3n) is 3.90. The molecule has 1 saturated carbocycles. The van der Waals surface area contributed by atoms with Gasteiger partial charge in [-0.15, -0.1) is 0 Å². The van der Waals surface area contributed by atoms with Crippen molar-refractivity contribution in [2.75, 3.05) is 13.7 Å². The van der Waals surface area contributed by atoms with Crippen LogP contribution in [0.15, 0.2) is 24.3 Å². The number of rotatable bonds is 5. The normalized spacial score (nSPS) is 22.2. The van der Waals surface area contributed by atoms with Gasteiger partial charge in [0, 0.05) is 12.5 Å². The molecule has 19 heavy (non-hydrogen) atoms. The van der Waals surface area contributed by atoms with Crippen LogP contribution in [0.5, 0.6) is 5.75 Å². The molecular formula is C15H22N2O2. The van der Waals surface area contributed by atoms with Crippen LogP contribution in [-0.2, 0) is 11.3 Å². The van der Waals surface area contributed by atoms with Crippen molar-refractivity contribution in [3.8, 4) is 5.75 Å². The van der Waals surface area contributed by atoms with Gasteiger partial charge < -0.3 is 15.8 Å². The maximum Gasteiger partial charge on any atom is 0.223 e. The van der Waals surface area contributed by atoms with E-state index in [-0.39, 0.29) is 11.8 Å². The van der Waals surface area contributed by atoms with Gasteiger partial charge in [-0.25, -0.2) is 0 Å². The molecule has 2 rings (SSSR count). The minimum absolute atomic E-state index is 0.0932. The second kappa shape index (κ2) is 6.57. The van der Waals surface area contributed by atoms with E-state index in [2.05, 4.69) is 5.32 Å². The minimum atomic E-state index is 0.0932. The third-order valence-corrected chi connectivity index (χ3v) is 3.90. The largest absolute Gasteiger partial charge is 0.497 e. The summed E-state index contributed by atoms with van der Waals surface area (Å²) < 4.78 is 5.17. The summed E-state index contributed by atoms with van der Waals surface area (Å²) >= 11 is 0. The summed E-state index contributed by atoms with van der Waals surface area (Å²) in [6, 6.07) is 7.75. The van der Waals surface area contributed by atoms with Crippen LogP contribution in [0.4, 0.5) is 0 Å². The molecule has 1 aliphatic rings. The fourth-order valence-electron chi connectivity index (χ4n) is 2.77. The van der Waals surface area contributed by atoms with Crippen molar-refractivity contribution in [3.63, 3.8) is 0 Å². The molecule has 0 radical (unpaired) electrons. The summed E-state index contributed by atoms with van der Waals surface area (Å²) in [4.78, 5) is 12.1. The predicted molar refractivity (Wildman–Crippen MR) is 74.7 cm³/mol. The lowest BCUT2D eigenvalue weighted by Crippen LogP contribution is -2.34. The number of amides is 1. The zero-order valence-electron chi connectivity index (χ0n) is 11.4. The molecule has 4 nitrogen and oxygen atoms in total. The zero-order chi connectivity index (χ0) is 13.7. The van der Waals surface area contributed by atoms with Crippen LogP contribution in [0.25, 0.3) is 0 Å². The lowest BCUT2D eigenvalue weighted by molar-refractivity contribution is -0.126. The lowest BCUT2D eigenvalue weighted by Gasteiger charge is -2.17. The Morgan fingerprint density at radius 2 is 2.32 bits per heavy atom. The number of carbonyl (C=O) groups is 1. The van der Waals surface area contributed by atoms with Gasteiger partial charge in [-0.3, -0.25) is 4.79 Å². The molecule has 3 N–H and O–H groups in total. The van der Waals surface area contributed by atoms with Crippen molar-refractivity contribution in [3.05, 3.63) is 29.8 Å². The van der Waals surface area contributed by atoms with E-state index in [0.717, 1.165) is 30.6 Å². The fourth-order valence-corrected chi connectivity index (χ4v) is 2.77. The predicted octanol–water partition coefficient (Wildman–Crippen LogP) is 1.69. The minimum Gasteiger partial charge on any atom is -0.497 e. The second-order valence-corrected chi connectivity index (χ2v) is 5.10. The number of benzene rings is 1. The van der Waals surface area contributed by atoms with Gasteiger partial charge in [0.25, 0.3) is 0 Å². The highest BCUT2D eigenvalue weighted by Crippen LogP contribution is 2.31. The summed E-state index contributed by atoms with van der Waals surface area (Å²) in [7, 11) is 1.64. The van der Waals surface area contributed by atoms with Gasteiger partial charge >= 0.3 is 0 Å². The number of nitrogens with two attached hydrogens (primary N) is 1. The first-order chi connectivity index (χ1) is 9.24. The molecule has 2 unspecified atom stereocenters. The van der Waals surface area contributed by atoms with Crippen LogP contribution < -0.4 is 15.8 Å². The van der Waals surface area contributed by atoms with Gasteiger partial charge in [0.05, 0.1) is 7.11 Å². The van der Waals surface area contributed by atoms with E-state index in [1.807, 2.05) is 24.3 Å². The summed E-state index contributed by atoms with van der Waals surface area (Å²) in [5.74, 6) is 1.39. The Bertz CT molecular complexity index is 434. The summed E-state index contributed by atoms with van der Waals surface area (Å²) in [6.07, 6.45) is 3.15. The average Bonchev–Trinajstić information content (AvgIpc) is 2.93. The first-order valence-electron chi connectivity index (χ1n) is 6.85. The molecular weight excluding hydrogens is 240 g/mol. The lowest BCUT2D eigenvalue weighted by atomic mass is 9.95. The molecule has 1 aromatic rings. The quantitative estimate of drug-likeness (QED) is 0.848. The standard InChI is InChI=1S/C15H22N2O2/c1-19-13-6-2-4-11(8-13)10-17-15(18)14-7-3-5-12(14)9-16/h2,4,6,8,12,14H,3,5,7,9-10,16H2,1H3,(H,17,18). The van der Waals surface area contributed by atoms with Crippen molar-refractivity contribution < 1.29 is 9.53 Å². The number of carbonyl (C=O) groups excluding carboxylic acids is 1. The fraction of sp³-hybridized carbons (Fsp3) is 0.533. The molecule has 0 saturated heterocycles. The van der Waals surface area contributed by atoms with Gasteiger partial charge in [0.15, 0.2) is 0 Å². The average molecular weight is 262 g/mol. The first-order valence-corrected chi connectivity index (χ1v) is 6.85. The van der Waals surface area contributed by atoms with Crippen molar-refractivity contribution in [1.82, 2.24) is 5.32 Å². The van der Waals surface area contributed by atoms with E-state index in [1.54, 1.807) is 7.11 Å². The molecule has 0 heterocycles. The zero-order valence-corrected chi connectivity index (χ0v) is 11.4. The van der Waals surface area contributed by atoms with Gasteiger partial charge in [-0.1, -0.05) is 18.6 Å². The van der Waals surface area contributed by atoms with Crippen molar-refractivity contribution in [1.29, 1.82) is 0 Å². The Labute approximate surface area is 114 Å². The van der Waals surface area contributed by atoms with E-state index in [4.69, 9.17) is 10.5 Å². The molecule has 1 aliphatic carbocycles. The molecule has 0 aliphatic heterocycles. The van der Waals surface area contributed by atoms with Gasteiger partial charge in [-0.2, -0.15) is 0 Å². The summed E-state index contributed by atoms with van der Waals surface area (Å²) in [6.45, 7) is 1.15. The van der Waals surface area contributed by atoms with Crippen molar-refractivity contribution >= 4 is 5.91 Å². The van der Waals surface area contributed by atoms with Crippen LogP contribution in [-0.4, -0.2) is 19.6 Å². The van der Waals surface area contributed by atoms with E-state index < -0.39 is 0 Å². The van der Waals surface area contributed by atoms with E-state index in [0.29, 0.717) is 19.0 Å². The summed E-state index contributed by atoms with van der Waals surface area (Å²) in [5, 5.41) is 3.01. The first kappa shape index (κ1) is 13.9. The number of methoxy groups -OCH3 is 1. The van der Waals surface area contributed by atoms with Crippen LogP contribution in [0, 0.1) is 11.8 Å². The maximum atomic E-state index is 12.1. The SMILES string of the molecule is COc1cccc(CNC(=O)C2CCCC2CN)c1. The van der Waals surface area contributed by atoms with E-state index in [9.17, 15) is 4.79 Å². The molecule has 0 spiro atoms.